The maximum Gasteiger partial charge on any atom is 0.257 e. The van der Waals surface area contributed by atoms with E-state index in [2.05, 4.69) is 5.32 Å². The van der Waals surface area contributed by atoms with Gasteiger partial charge in [0, 0.05) is 0 Å². The fourth-order valence-corrected chi connectivity index (χ4v) is 1.34. The zero-order valence-electron chi connectivity index (χ0n) is 5.09. The van der Waals surface area contributed by atoms with Gasteiger partial charge in [-0.05, 0) is 31.0 Å². The van der Waals surface area contributed by atoms with Crippen LogP contribution in [0.5, 0.6) is 0 Å². The van der Waals surface area contributed by atoms with Crippen LogP contribution >= 0.6 is 12.2 Å². The van der Waals surface area contributed by atoms with Crippen molar-refractivity contribution in [3.63, 3.8) is 0 Å². The zero-order chi connectivity index (χ0) is 6.27. The van der Waals surface area contributed by atoms with Crippen LogP contribution in [0.15, 0.2) is 0 Å². The average Bonchev–Trinajstić information content (AvgIpc) is 2.58. The van der Waals surface area contributed by atoms with Crippen LogP contribution < -0.4 is 5.32 Å². The average molecular weight is 143 g/mol. The molecule has 1 aliphatic carbocycles. The van der Waals surface area contributed by atoms with Crippen LogP contribution in [-0.2, 0) is 4.74 Å². The standard InChI is InChI=1S/C6H9NOS/c9-6-7-3-5(8-6)4-1-2-4/h4-5H,1-3H2,(H,7,9). The first-order chi connectivity index (χ1) is 4.36. The zero-order valence-corrected chi connectivity index (χ0v) is 5.91. The molecule has 1 aliphatic heterocycles. The van der Waals surface area contributed by atoms with E-state index in [-0.39, 0.29) is 0 Å². The summed E-state index contributed by atoms with van der Waals surface area (Å²) in [4.78, 5) is 0. The molecule has 0 aromatic rings. The second-order valence-electron chi connectivity index (χ2n) is 2.66. The minimum atomic E-state index is 0.400. The highest BCUT2D eigenvalue weighted by atomic mass is 32.1. The predicted octanol–water partition coefficient (Wildman–Crippen LogP) is 0.670. The molecule has 3 heteroatoms. The van der Waals surface area contributed by atoms with Crippen molar-refractivity contribution in [2.75, 3.05) is 6.54 Å². The summed E-state index contributed by atoms with van der Waals surface area (Å²) in [5.74, 6) is 0.804. The molecule has 0 amide bonds. The second kappa shape index (κ2) is 1.84. The SMILES string of the molecule is S=C1NCC(C2CC2)O1. The first kappa shape index (κ1) is 5.47. The van der Waals surface area contributed by atoms with Gasteiger partial charge in [-0.25, -0.2) is 0 Å². The smallest absolute Gasteiger partial charge is 0.257 e. The van der Waals surface area contributed by atoms with Crippen LogP contribution in [0.1, 0.15) is 12.8 Å². The van der Waals surface area contributed by atoms with E-state index in [9.17, 15) is 0 Å². The van der Waals surface area contributed by atoms with E-state index >= 15 is 0 Å². The first-order valence-electron chi connectivity index (χ1n) is 3.31. The molecule has 1 N–H and O–H groups in total. The van der Waals surface area contributed by atoms with Crippen molar-refractivity contribution in [3.8, 4) is 0 Å². The van der Waals surface area contributed by atoms with Crippen molar-refractivity contribution in [1.29, 1.82) is 0 Å². The number of hydrogen-bond acceptors (Lipinski definition) is 2. The Hall–Kier alpha value is -0.310. The Morgan fingerprint density at radius 3 is 2.78 bits per heavy atom. The maximum atomic E-state index is 5.31. The quantitative estimate of drug-likeness (QED) is 0.545. The molecule has 0 bridgehead atoms. The van der Waals surface area contributed by atoms with Gasteiger partial charge in [0.25, 0.3) is 5.17 Å². The molecule has 2 nitrogen and oxygen atoms in total. The summed E-state index contributed by atoms with van der Waals surface area (Å²) < 4.78 is 5.31. The Morgan fingerprint density at radius 2 is 2.33 bits per heavy atom. The van der Waals surface area contributed by atoms with E-state index in [1.807, 2.05) is 0 Å². The van der Waals surface area contributed by atoms with Gasteiger partial charge in [0.05, 0.1) is 6.54 Å². The Labute approximate surface area is 59.6 Å². The monoisotopic (exact) mass is 143 g/mol. The maximum absolute atomic E-state index is 5.31. The van der Waals surface area contributed by atoms with Gasteiger partial charge >= 0.3 is 0 Å². The van der Waals surface area contributed by atoms with Gasteiger partial charge in [0.1, 0.15) is 6.10 Å². The first-order valence-corrected chi connectivity index (χ1v) is 3.71. The third-order valence-electron chi connectivity index (χ3n) is 1.85. The van der Waals surface area contributed by atoms with Crippen molar-refractivity contribution in [2.24, 2.45) is 5.92 Å². The summed E-state index contributed by atoms with van der Waals surface area (Å²) in [6, 6.07) is 0. The van der Waals surface area contributed by atoms with Gasteiger partial charge in [-0.3, -0.25) is 0 Å². The van der Waals surface area contributed by atoms with Crippen LogP contribution in [0.4, 0.5) is 0 Å². The summed E-state index contributed by atoms with van der Waals surface area (Å²) in [5, 5.41) is 3.59. The Bertz CT molecular complexity index is 144. The molecule has 0 aromatic carbocycles. The van der Waals surface area contributed by atoms with E-state index < -0.39 is 0 Å². The lowest BCUT2D eigenvalue weighted by molar-refractivity contribution is 0.210. The van der Waals surface area contributed by atoms with Crippen molar-refractivity contribution in [1.82, 2.24) is 5.32 Å². The lowest BCUT2D eigenvalue weighted by Crippen LogP contribution is -2.15. The lowest BCUT2D eigenvalue weighted by atomic mass is 10.2. The van der Waals surface area contributed by atoms with Crippen LogP contribution in [0.2, 0.25) is 0 Å². The third kappa shape index (κ3) is 1.01. The summed E-state index contributed by atoms with van der Waals surface area (Å²) >= 11 is 4.81. The lowest BCUT2D eigenvalue weighted by Gasteiger charge is -2.03. The summed E-state index contributed by atoms with van der Waals surface area (Å²) in [6.45, 7) is 0.934. The molecule has 50 valence electrons. The normalized spacial score (nSPS) is 33.8. The predicted molar refractivity (Wildman–Crippen MR) is 38.2 cm³/mol. The third-order valence-corrected chi connectivity index (χ3v) is 2.09. The van der Waals surface area contributed by atoms with Crippen LogP contribution in [0.25, 0.3) is 0 Å². The molecular weight excluding hydrogens is 134 g/mol. The molecule has 0 aromatic heterocycles. The van der Waals surface area contributed by atoms with Gasteiger partial charge in [-0.15, -0.1) is 0 Å². The van der Waals surface area contributed by atoms with E-state index in [1.165, 1.54) is 12.8 Å². The number of thiocarbonyl (C=S) groups is 1. The number of nitrogens with one attached hydrogen (secondary N) is 1. The minimum absolute atomic E-state index is 0.400. The van der Waals surface area contributed by atoms with Crippen molar-refractivity contribution >= 4 is 17.4 Å². The van der Waals surface area contributed by atoms with E-state index in [0.717, 1.165) is 12.5 Å². The summed E-state index contributed by atoms with van der Waals surface area (Å²) in [6.07, 6.45) is 3.06. The van der Waals surface area contributed by atoms with Gasteiger partial charge in [0.2, 0.25) is 0 Å². The molecule has 2 aliphatic rings. The van der Waals surface area contributed by atoms with Gasteiger partial charge in [-0.1, -0.05) is 0 Å². The Kier molecular flexibility index (Phi) is 1.12. The minimum Gasteiger partial charge on any atom is -0.466 e. The molecular formula is C6H9NOS. The van der Waals surface area contributed by atoms with Crippen molar-refractivity contribution in [3.05, 3.63) is 0 Å². The van der Waals surface area contributed by atoms with Gasteiger partial charge in [-0.2, -0.15) is 0 Å². The van der Waals surface area contributed by atoms with Crippen LogP contribution in [0.3, 0.4) is 0 Å². The molecule has 2 rings (SSSR count). The Balaban J connectivity index is 1.92. The van der Waals surface area contributed by atoms with Crippen LogP contribution in [-0.4, -0.2) is 17.8 Å². The highest BCUT2D eigenvalue weighted by Crippen LogP contribution is 2.35. The molecule has 1 saturated heterocycles. The summed E-state index contributed by atoms with van der Waals surface area (Å²) in [7, 11) is 0. The second-order valence-corrected chi connectivity index (χ2v) is 3.03. The molecule has 2 fully saturated rings. The van der Waals surface area contributed by atoms with E-state index in [1.54, 1.807) is 0 Å². The van der Waals surface area contributed by atoms with E-state index in [0.29, 0.717) is 11.3 Å². The largest absolute Gasteiger partial charge is 0.466 e. The molecule has 1 unspecified atom stereocenters. The molecule has 1 saturated carbocycles. The highest BCUT2D eigenvalue weighted by molar-refractivity contribution is 7.80. The molecule has 1 heterocycles. The molecule has 1 atom stereocenters. The van der Waals surface area contributed by atoms with E-state index in [4.69, 9.17) is 17.0 Å². The fourth-order valence-electron chi connectivity index (χ4n) is 1.14. The van der Waals surface area contributed by atoms with Gasteiger partial charge < -0.3 is 10.1 Å². The Morgan fingerprint density at radius 1 is 1.56 bits per heavy atom. The topological polar surface area (TPSA) is 21.3 Å². The van der Waals surface area contributed by atoms with Crippen molar-refractivity contribution < 1.29 is 4.74 Å². The number of ether oxygens (including phenoxy) is 1. The summed E-state index contributed by atoms with van der Waals surface area (Å²) in [5.41, 5.74) is 0. The highest BCUT2D eigenvalue weighted by Gasteiger charge is 2.36. The van der Waals surface area contributed by atoms with Crippen LogP contribution in [0, 0.1) is 5.92 Å². The number of hydrogen-bond donors (Lipinski definition) is 1. The van der Waals surface area contributed by atoms with Crippen molar-refractivity contribution in [2.45, 2.75) is 18.9 Å². The molecule has 0 spiro atoms. The number of rotatable bonds is 1. The van der Waals surface area contributed by atoms with Gasteiger partial charge in [0.15, 0.2) is 0 Å². The fraction of sp³-hybridized carbons (Fsp3) is 0.833. The molecule has 9 heavy (non-hydrogen) atoms. The molecule has 0 radical (unpaired) electrons.